The number of aliphatic hydroxyl groups is 1. The Morgan fingerprint density at radius 2 is 1.93 bits per heavy atom. The van der Waals surface area contributed by atoms with Crippen molar-refractivity contribution in [2.24, 2.45) is 0 Å². The van der Waals surface area contributed by atoms with Crippen LogP contribution < -0.4 is 15.4 Å². The molecule has 0 bridgehead atoms. The topological polar surface area (TPSA) is 133 Å². The van der Waals surface area contributed by atoms with Gasteiger partial charge in [-0.1, -0.05) is 29.3 Å². The molecule has 11 nitrogen and oxygen atoms in total. The number of H-pyrrole nitrogens is 1. The number of fused-ring (bicyclic) bond motifs is 1. The monoisotopic (exact) mass is 624 g/mol. The number of amides is 1. The highest BCUT2D eigenvalue weighted by Crippen LogP contribution is 2.34. The summed E-state index contributed by atoms with van der Waals surface area (Å²) in [5, 5.41) is 29.7. The van der Waals surface area contributed by atoms with Gasteiger partial charge in [0.15, 0.2) is 17.4 Å². The van der Waals surface area contributed by atoms with Crippen molar-refractivity contribution in [3.8, 4) is 5.75 Å². The van der Waals surface area contributed by atoms with E-state index in [1.54, 1.807) is 22.7 Å². The Labute approximate surface area is 255 Å². The van der Waals surface area contributed by atoms with E-state index in [1.807, 2.05) is 60.5 Å². The zero-order valence-electron chi connectivity index (χ0n) is 22.3. The highest BCUT2D eigenvalue weighted by Gasteiger charge is 2.34. The van der Waals surface area contributed by atoms with Crippen LogP contribution in [0.1, 0.15) is 5.69 Å². The molecular weight excluding hydrogens is 599 g/mol. The van der Waals surface area contributed by atoms with Crippen LogP contribution in [0.25, 0.3) is 5.52 Å². The third-order valence-corrected chi connectivity index (χ3v) is 8.00. The molecule has 1 saturated heterocycles. The summed E-state index contributed by atoms with van der Waals surface area (Å²) in [6.45, 7) is 2.67. The van der Waals surface area contributed by atoms with Crippen molar-refractivity contribution in [2.45, 2.75) is 29.2 Å². The van der Waals surface area contributed by atoms with Crippen LogP contribution in [0.2, 0.25) is 10.0 Å². The van der Waals surface area contributed by atoms with Gasteiger partial charge in [0.2, 0.25) is 11.1 Å². The number of anilines is 3. The number of nitrogens with one attached hydrogen (secondary N) is 3. The van der Waals surface area contributed by atoms with Gasteiger partial charge in [0.1, 0.15) is 17.7 Å². The number of carbonyl (C=O) groups excluding carboxylic acids is 1. The Morgan fingerprint density at radius 3 is 2.67 bits per heavy atom. The second-order valence-electron chi connectivity index (χ2n) is 9.79. The van der Waals surface area contributed by atoms with Crippen LogP contribution in [0.3, 0.4) is 0 Å². The first-order chi connectivity index (χ1) is 20.3. The minimum Gasteiger partial charge on any atom is -0.483 e. The van der Waals surface area contributed by atoms with E-state index in [-0.39, 0.29) is 19.0 Å². The first-order valence-corrected chi connectivity index (χ1v) is 14.6. The normalized spacial score (nSPS) is 17.0. The van der Waals surface area contributed by atoms with Gasteiger partial charge < -0.3 is 20.5 Å². The maximum absolute atomic E-state index is 12.8. The summed E-state index contributed by atoms with van der Waals surface area (Å²) in [5.41, 5.74) is 2.42. The van der Waals surface area contributed by atoms with E-state index in [0.29, 0.717) is 44.8 Å². The minimum atomic E-state index is -0.784. The lowest BCUT2D eigenvalue weighted by molar-refractivity contribution is -0.117. The first-order valence-electron chi connectivity index (χ1n) is 13.0. The maximum Gasteiger partial charge on any atom is 0.238 e. The number of para-hydroxylation sites is 1. The number of ether oxygens (including phenoxy) is 1. The van der Waals surface area contributed by atoms with Gasteiger partial charge in [-0.25, -0.2) is 9.50 Å². The number of aryl methyl sites for hydroxylation is 1. The molecule has 0 aliphatic carbocycles. The Bertz CT molecular complexity index is 1710. The highest BCUT2D eigenvalue weighted by atomic mass is 35.5. The molecule has 4 N–H and O–H groups in total. The minimum absolute atomic E-state index is 0.0969. The number of likely N-dealkylation sites (tertiary alicyclic amines) is 1. The van der Waals surface area contributed by atoms with Crippen molar-refractivity contribution in [2.75, 3.05) is 30.3 Å². The summed E-state index contributed by atoms with van der Waals surface area (Å²) in [6.07, 6.45) is 0.521. The summed E-state index contributed by atoms with van der Waals surface area (Å²) in [5.74, 6) is 1.43. The molecule has 1 fully saturated rings. The van der Waals surface area contributed by atoms with Gasteiger partial charge in [-0.15, -0.1) is 5.10 Å². The van der Waals surface area contributed by atoms with Crippen LogP contribution in [-0.2, 0) is 4.79 Å². The average Bonchev–Trinajstić information content (AvgIpc) is 3.67. The molecular formula is C28H26Cl2N8O3S. The average molecular weight is 626 g/mol. The van der Waals surface area contributed by atoms with Crippen molar-refractivity contribution in [1.29, 1.82) is 0 Å². The SMILES string of the molecule is Cc1cc(Nc2nc(Sc3ccc(NC(=O)CN4C[C@H](Oc5c(Cl)cccc5Cl)[C@@H](O)C4)cc3)nn3cccc23)n[nH]1. The van der Waals surface area contributed by atoms with E-state index < -0.39 is 12.2 Å². The van der Waals surface area contributed by atoms with Gasteiger partial charge in [-0.05, 0) is 67.2 Å². The number of carbonyl (C=O) groups is 1. The van der Waals surface area contributed by atoms with Crippen molar-refractivity contribution < 1.29 is 14.6 Å². The van der Waals surface area contributed by atoms with E-state index in [2.05, 4.69) is 25.9 Å². The fourth-order valence-corrected chi connectivity index (χ4v) is 5.83. The van der Waals surface area contributed by atoms with E-state index in [4.69, 9.17) is 32.9 Å². The van der Waals surface area contributed by atoms with Crippen LogP contribution >= 0.6 is 35.0 Å². The standard InChI is InChI=1S/C28H26Cl2N8O3S/c1-16-12-24(35-34-16)32-27-21-6-3-11-38(21)36-28(33-27)42-18-9-7-17(8-10-18)31-25(40)15-37-13-22(39)23(14-37)41-26-19(29)4-2-5-20(26)30/h2-12,22-23,39H,13-15H2,1H3,(H,31,40)(H2,32,33,34,35,36)/t22-,23-/m0/s1. The molecule has 1 aliphatic heterocycles. The van der Waals surface area contributed by atoms with Gasteiger partial charge >= 0.3 is 0 Å². The molecule has 3 aromatic heterocycles. The lowest BCUT2D eigenvalue weighted by Gasteiger charge is -2.18. The number of aliphatic hydroxyl groups excluding tert-OH is 1. The quantitative estimate of drug-likeness (QED) is 0.178. The van der Waals surface area contributed by atoms with Gasteiger partial charge in [0.05, 0.1) is 16.6 Å². The Hall–Kier alpha value is -3.81. The summed E-state index contributed by atoms with van der Waals surface area (Å²) in [4.78, 5) is 20.2. The number of halogens is 2. The summed E-state index contributed by atoms with van der Waals surface area (Å²) < 4.78 is 7.65. The van der Waals surface area contributed by atoms with E-state index in [9.17, 15) is 9.90 Å². The van der Waals surface area contributed by atoms with Crippen molar-refractivity contribution in [3.05, 3.63) is 82.6 Å². The maximum atomic E-state index is 12.8. The van der Waals surface area contributed by atoms with Crippen molar-refractivity contribution >= 4 is 63.7 Å². The largest absolute Gasteiger partial charge is 0.483 e. The number of nitrogens with zero attached hydrogens (tertiary/aromatic N) is 5. The lowest BCUT2D eigenvalue weighted by Crippen LogP contribution is -2.33. The van der Waals surface area contributed by atoms with E-state index >= 15 is 0 Å². The summed E-state index contributed by atoms with van der Waals surface area (Å²) in [6, 6.07) is 18.2. The predicted octanol–water partition coefficient (Wildman–Crippen LogP) is 5.03. The van der Waals surface area contributed by atoms with E-state index in [1.165, 1.54) is 11.8 Å². The molecule has 0 spiro atoms. The Kier molecular flexibility index (Phi) is 8.22. The number of hydrogen-bond acceptors (Lipinski definition) is 9. The third-order valence-electron chi connectivity index (χ3n) is 6.54. The molecule has 42 heavy (non-hydrogen) atoms. The number of rotatable bonds is 9. The molecule has 0 unspecified atom stereocenters. The molecule has 216 valence electrons. The third kappa shape index (κ3) is 6.48. The molecule has 0 radical (unpaired) electrons. The van der Waals surface area contributed by atoms with Crippen molar-refractivity contribution in [3.63, 3.8) is 0 Å². The Balaban J connectivity index is 1.05. The van der Waals surface area contributed by atoms with Crippen LogP contribution in [0.5, 0.6) is 5.75 Å². The van der Waals surface area contributed by atoms with Crippen LogP contribution in [-0.4, -0.2) is 72.6 Å². The highest BCUT2D eigenvalue weighted by molar-refractivity contribution is 7.99. The first kappa shape index (κ1) is 28.3. The number of aromatic nitrogens is 5. The number of hydrogen-bond donors (Lipinski definition) is 4. The second-order valence-corrected chi connectivity index (χ2v) is 11.6. The van der Waals surface area contributed by atoms with Crippen LogP contribution in [0.15, 0.2) is 76.9 Å². The van der Waals surface area contributed by atoms with Crippen LogP contribution in [0, 0.1) is 6.92 Å². The van der Waals surface area contributed by atoms with E-state index in [0.717, 1.165) is 16.1 Å². The van der Waals surface area contributed by atoms with Gasteiger partial charge in [0, 0.05) is 41.6 Å². The number of aromatic amines is 1. The molecule has 5 aromatic rings. The van der Waals surface area contributed by atoms with Gasteiger partial charge in [0.25, 0.3) is 0 Å². The molecule has 4 heterocycles. The zero-order chi connectivity index (χ0) is 29.2. The molecule has 1 amide bonds. The molecule has 14 heteroatoms. The molecule has 2 atom stereocenters. The second kappa shape index (κ2) is 12.2. The fourth-order valence-electron chi connectivity index (χ4n) is 4.59. The van der Waals surface area contributed by atoms with Gasteiger partial charge in [-0.2, -0.15) is 5.10 Å². The summed E-state index contributed by atoms with van der Waals surface area (Å²) >= 11 is 13.8. The summed E-state index contributed by atoms with van der Waals surface area (Å²) in [7, 11) is 0. The molecule has 6 rings (SSSR count). The predicted molar refractivity (Wildman–Crippen MR) is 162 cm³/mol. The fraction of sp³-hybridized carbons (Fsp3) is 0.214. The van der Waals surface area contributed by atoms with Crippen LogP contribution in [0.4, 0.5) is 17.3 Å². The number of benzene rings is 2. The molecule has 2 aromatic carbocycles. The zero-order valence-corrected chi connectivity index (χ0v) is 24.6. The molecule has 1 aliphatic rings. The molecule has 0 saturated carbocycles. The lowest BCUT2D eigenvalue weighted by atomic mass is 10.2. The van der Waals surface area contributed by atoms with Gasteiger partial charge in [-0.3, -0.25) is 14.8 Å². The number of β-amino-alcohol motifs (C(OH)–C–C–N with tert-alkyl or cyclic N) is 1. The smallest absolute Gasteiger partial charge is 0.238 e. The van der Waals surface area contributed by atoms with Crippen molar-refractivity contribution in [1.82, 2.24) is 29.7 Å². The Morgan fingerprint density at radius 1 is 1.14 bits per heavy atom.